The van der Waals surface area contributed by atoms with Gasteiger partial charge in [0, 0.05) is 16.7 Å². The van der Waals surface area contributed by atoms with E-state index in [-0.39, 0.29) is 0 Å². The highest BCUT2D eigenvalue weighted by atomic mass is 79.9. The van der Waals surface area contributed by atoms with E-state index in [4.69, 9.17) is 4.74 Å². The lowest BCUT2D eigenvalue weighted by atomic mass is 10.2. The van der Waals surface area contributed by atoms with Crippen LogP contribution in [0.15, 0.2) is 46.9 Å². The molecule has 0 aliphatic carbocycles. The average molecular weight is 320 g/mol. The summed E-state index contributed by atoms with van der Waals surface area (Å²) in [6, 6.07) is 14.3. The molecule has 0 aliphatic rings. The van der Waals surface area contributed by atoms with Crippen molar-refractivity contribution in [3.05, 3.63) is 58.1 Å². The van der Waals surface area contributed by atoms with Gasteiger partial charge in [-0.15, -0.1) is 0 Å². The van der Waals surface area contributed by atoms with Crippen LogP contribution in [0, 0.1) is 13.8 Å². The molecule has 0 unspecified atom stereocenters. The summed E-state index contributed by atoms with van der Waals surface area (Å²) in [5.41, 5.74) is 3.60. The van der Waals surface area contributed by atoms with Gasteiger partial charge in [0.05, 0.1) is 0 Å². The standard InChI is InChI=1S/C16H18BrNO/c1-12-5-3-4-6-16(12)18-9-10-19-14-7-8-15(17)13(2)11-14/h3-8,11,18H,9-10H2,1-2H3. The molecule has 2 aromatic carbocycles. The first-order chi connectivity index (χ1) is 9.16. The van der Waals surface area contributed by atoms with Crippen LogP contribution in [0.2, 0.25) is 0 Å². The van der Waals surface area contributed by atoms with Gasteiger partial charge in [0.25, 0.3) is 0 Å². The molecule has 0 heterocycles. The minimum absolute atomic E-state index is 0.648. The second kappa shape index (κ2) is 6.62. The Morgan fingerprint density at radius 1 is 1.05 bits per heavy atom. The highest BCUT2D eigenvalue weighted by Crippen LogP contribution is 2.21. The summed E-state index contributed by atoms with van der Waals surface area (Å²) >= 11 is 3.48. The maximum atomic E-state index is 5.72. The molecular formula is C16H18BrNO. The molecule has 0 saturated carbocycles. The Morgan fingerprint density at radius 3 is 2.58 bits per heavy atom. The van der Waals surface area contributed by atoms with Gasteiger partial charge >= 0.3 is 0 Å². The molecule has 0 radical (unpaired) electrons. The molecule has 0 aromatic heterocycles. The Hall–Kier alpha value is -1.48. The van der Waals surface area contributed by atoms with Gasteiger partial charge in [-0.1, -0.05) is 34.1 Å². The fourth-order valence-electron chi connectivity index (χ4n) is 1.83. The molecule has 2 aromatic rings. The van der Waals surface area contributed by atoms with Crippen molar-refractivity contribution in [2.75, 3.05) is 18.5 Å². The van der Waals surface area contributed by atoms with Crippen molar-refractivity contribution < 1.29 is 4.74 Å². The maximum Gasteiger partial charge on any atom is 0.119 e. The molecule has 0 bridgehead atoms. The summed E-state index contributed by atoms with van der Waals surface area (Å²) in [5, 5.41) is 3.37. The van der Waals surface area contributed by atoms with E-state index in [0.29, 0.717) is 6.61 Å². The van der Waals surface area contributed by atoms with E-state index in [0.717, 1.165) is 22.5 Å². The summed E-state index contributed by atoms with van der Waals surface area (Å²) in [5.74, 6) is 0.910. The number of nitrogens with one attached hydrogen (secondary N) is 1. The van der Waals surface area contributed by atoms with Crippen LogP contribution in [0.25, 0.3) is 0 Å². The third-order valence-electron chi connectivity index (χ3n) is 2.96. The topological polar surface area (TPSA) is 21.3 Å². The van der Waals surface area contributed by atoms with Gasteiger partial charge in [-0.25, -0.2) is 0 Å². The summed E-state index contributed by atoms with van der Waals surface area (Å²) in [7, 11) is 0. The molecule has 0 saturated heterocycles. The molecule has 2 rings (SSSR count). The van der Waals surface area contributed by atoms with Crippen LogP contribution in [0.1, 0.15) is 11.1 Å². The number of anilines is 1. The van der Waals surface area contributed by atoms with E-state index in [1.54, 1.807) is 0 Å². The van der Waals surface area contributed by atoms with Crippen molar-refractivity contribution in [1.29, 1.82) is 0 Å². The van der Waals surface area contributed by atoms with E-state index >= 15 is 0 Å². The molecule has 0 atom stereocenters. The van der Waals surface area contributed by atoms with Crippen LogP contribution < -0.4 is 10.1 Å². The fourth-order valence-corrected chi connectivity index (χ4v) is 2.08. The summed E-state index contributed by atoms with van der Waals surface area (Å²) < 4.78 is 6.83. The smallest absolute Gasteiger partial charge is 0.119 e. The largest absolute Gasteiger partial charge is 0.492 e. The van der Waals surface area contributed by atoms with Gasteiger partial charge in [-0.3, -0.25) is 0 Å². The number of halogens is 1. The first kappa shape index (κ1) is 13.9. The maximum absolute atomic E-state index is 5.72. The quantitative estimate of drug-likeness (QED) is 0.816. The minimum atomic E-state index is 0.648. The van der Waals surface area contributed by atoms with Crippen molar-refractivity contribution in [3.63, 3.8) is 0 Å². The van der Waals surface area contributed by atoms with E-state index < -0.39 is 0 Å². The SMILES string of the molecule is Cc1cc(OCCNc2ccccc2C)ccc1Br. The fraction of sp³-hybridized carbons (Fsp3) is 0.250. The second-order valence-corrected chi connectivity index (χ2v) is 5.36. The van der Waals surface area contributed by atoms with Gasteiger partial charge in [0.15, 0.2) is 0 Å². The van der Waals surface area contributed by atoms with Crippen molar-refractivity contribution in [1.82, 2.24) is 0 Å². The molecule has 0 amide bonds. The van der Waals surface area contributed by atoms with Crippen molar-refractivity contribution >= 4 is 21.6 Å². The monoisotopic (exact) mass is 319 g/mol. The predicted octanol–water partition coefficient (Wildman–Crippen LogP) is 4.56. The number of ether oxygens (including phenoxy) is 1. The van der Waals surface area contributed by atoms with E-state index in [2.05, 4.69) is 47.2 Å². The number of hydrogen-bond donors (Lipinski definition) is 1. The Labute approximate surface area is 122 Å². The van der Waals surface area contributed by atoms with E-state index in [9.17, 15) is 0 Å². The molecule has 0 fully saturated rings. The van der Waals surface area contributed by atoms with E-state index in [1.165, 1.54) is 11.1 Å². The van der Waals surface area contributed by atoms with Gasteiger partial charge in [-0.05, 0) is 49.2 Å². The Balaban J connectivity index is 1.81. The lowest BCUT2D eigenvalue weighted by Crippen LogP contribution is -2.12. The first-order valence-electron chi connectivity index (χ1n) is 6.35. The first-order valence-corrected chi connectivity index (χ1v) is 7.14. The van der Waals surface area contributed by atoms with Crippen LogP contribution >= 0.6 is 15.9 Å². The van der Waals surface area contributed by atoms with Crippen LogP contribution in [-0.2, 0) is 0 Å². The number of hydrogen-bond acceptors (Lipinski definition) is 2. The summed E-state index contributed by atoms with van der Waals surface area (Å²) in [6.07, 6.45) is 0. The Morgan fingerprint density at radius 2 is 1.84 bits per heavy atom. The van der Waals surface area contributed by atoms with Crippen molar-refractivity contribution in [2.45, 2.75) is 13.8 Å². The molecule has 0 spiro atoms. The number of benzene rings is 2. The lowest BCUT2D eigenvalue weighted by molar-refractivity contribution is 0.332. The number of aryl methyl sites for hydroxylation is 2. The van der Waals surface area contributed by atoms with Gasteiger partial charge in [-0.2, -0.15) is 0 Å². The third-order valence-corrected chi connectivity index (χ3v) is 3.85. The molecule has 1 N–H and O–H groups in total. The summed E-state index contributed by atoms with van der Waals surface area (Å²) in [4.78, 5) is 0. The normalized spacial score (nSPS) is 10.3. The zero-order valence-electron chi connectivity index (χ0n) is 11.2. The van der Waals surface area contributed by atoms with Crippen molar-refractivity contribution in [3.8, 4) is 5.75 Å². The van der Waals surface area contributed by atoms with Crippen LogP contribution in [0.4, 0.5) is 5.69 Å². The van der Waals surface area contributed by atoms with Gasteiger partial charge < -0.3 is 10.1 Å². The average Bonchev–Trinajstić information content (AvgIpc) is 2.40. The Kier molecular flexibility index (Phi) is 4.86. The summed E-state index contributed by atoms with van der Waals surface area (Å²) in [6.45, 7) is 5.60. The molecule has 3 heteroatoms. The lowest BCUT2D eigenvalue weighted by Gasteiger charge is -2.11. The minimum Gasteiger partial charge on any atom is -0.492 e. The van der Waals surface area contributed by atoms with Crippen LogP contribution in [-0.4, -0.2) is 13.2 Å². The predicted molar refractivity (Wildman–Crippen MR) is 84.0 cm³/mol. The molecule has 19 heavy (non-hydrogen) atoms. The zero-order valence-corrected chi connectivity index (χ0v) is 12.8. The third kappa shape index (κ3) is 4.00. The van der Waals surface area contributed by atoms with E-state index in [1.807, 2.05) is 30.3 Å². The zero-order chi connectivity index (χ0) is 13.7. The van der Waals surface area contributed by atoms with Crippen LogP contribution in [0.3, 0.4) is 0 Å². The number of rotatable bonds is 5. The van der Waals surface area contributed by atoms with Crippen molar-refractivity contribution in [2.24, 2.45) is 0 Å². The molecule has 0 aliphatic heterocycles. The number of para-hydroxylation sites is 1. The Bertz CT molecular complexity index is 554. The molecule has 100 valence electrons. The highest BCUT2D eigenvalue weighted by Gasteiger charge is 1.99. The highest BCUT2D eigenvalue weighted by molar-refractivity contribution is 9.10. The second-order valence-electron chi connectivity index (χ2n) is 4.50. The van der Waals surface area contributed by atoms with Crippen LogP contribution in [0.5, 0.6) is 5.75 Å². The molecular weight excluding hydrogens is 302 g/mol. The molecule has 2 nitrogen and oxygen atoms in total. The van der Waals surface area contributed by atoms with Gasteiger partial charge in [0.1, 0.15) is 12.4 Å². The van der Waals surface area contributed by atoms with Gasteiger partial charge in [0.2, 0.25) is 0 Å².